The maximum Gasteiger partial charge on any atom is 0.425 e. The summed E-state index contributed by atoms with van der Waals surface area (Å²) in [7, 11) is 1.30. The van der Waals surface area contributed by atoms with Crippen molar-refractivity contribution >= 4 is 5.91 Å². The van der Waals surface area contributed by atoms with Gasteiger partial charge in [0.1, 0.15) is 0 Å². The van der Waals surface area contributed by atoms with E-state index < -0.39 is 36.0 Å². The van der Waals surface area contributed by atoms with E-state index in [1.165, 1.54) is 13.2 Å². The zero-order valence-electron chi connectivity index (χ0n) is 13.3. The molecule has 3 atom stereocenters. The molecule has 0 saturated heterocycles. The highest BCUT2D eigenvalue weighted by molar-refractivity contribution is 5.77. The smallest absolute Gasteiger partial charge is 0.391 e. The third-order valence-electron chi connectivity index (χ3n) is 3.89. The first-order valence-electron chi connectivity index (χ1n) is 7.24. The van der Waals surface area contributed by atoms with Crippen molar-refractivity contribution in [3.8, 4) is 0 Å². The highest BCUT2D eigenvalue weighted by atomic mass is 19.4. The zero-order chi connectivity index (χ0) is 17.8. The van der Waals surface area contributed by atoms with E-state index in [4.69, 9.17) is 0 Å². The monoisotopic (exact) mass is 337 g/mol. The second kappa shape index (κ2) is 7.31. The number of aliphatic hydroxyl groups is 2. The molecule has 1 aromatic heterocycles. The molecule has 6 nitrogen and oxygen atoms in total. The fourth-order valence-corrected chi connectivity index (χ4v) is 2.06. The summed E-state index contributed by atoms with van der Waals surface area (Å²) in [5.74, 6) is -1.79. The maximum absolute atomic E-state index is 13.3. The number of halogens is 3. The standard InChI is InChI=1S/C14H22F3N3O3/c1-4-9(2)10(21)8-19-11(22)7-13(23,14(15,16)17)12-18-5-6-20(12)3/h5-6,9-10,21,23H,4,7-8H2,1-3H3,(H,19,22). The summed E-state index contributed by atoms with van der Waals surface area (Å²) < 4.78 is 40.8. The molecule has 1 rings (SSSR count). The van der Waals surface area contributed by atoms with Crippen LogP contribution in [0.2, 0.25) is 0 Å². The zero-order valence-corrected chi connectivity index (χ0v) is 13.3. The largest absolute Gasteiger partial charge is 0.425 e. The first kappa shape index (κ1) is 19.4. The van der Waals surface area contributed by atoms with E-state index in [9.17, 15) is 28.2 Å². The molecule has 9 heteroatoms. The molecule has 0 radical (unpaired) electrons. The van der Waals surface area contributed by atoms with Gasteiger partial charge in [-0.25, -0.2) is 4.98 Å². The van der Waals surface area contributed by atoms with Crippen LogP contribution in [-0.2, 0) is 17.4 Å². The Morgan fingerprint density at radius 3 is 2.52 bits per heavy atom. The summed E-state index contributed by atoms with van der Waals surface area (Å²) in [6.45, 7) is 3.43. The van der Waals surface area contributed by atoms with Gasteiger partial charge in [-0.3, -0.25) is 4.79 Å². The third kappa shape index (κ3) is 4.44. The fourth-order valence-electron chi connectivity index (χ4n) is 2.06. The van der Waals surface area contributed by atoms with Crippen molar-refractivity contribution in [2.45, 2.75) is 44.6 Å². The Bertz CT molecular complexity index is 533. The summed E-state index contributed by atoms with van der Waals surface area (Å²) in [5, 5.41) is 22.0. The van der Waals surface area contributed by atoms with Gasteiger partial charge in [0.2, 0.25) is 11.5 Å². The molecular formula is C14H22F3N3O3. The lowest BCUT2D eigenvalue weighted by molar-refractivity contribution is -0.271. The van der Waals surface area contributed by atoms with Crippen LogP contribution >= 0.6 is 0 Å². The molecule has 0 aliphatic carbocycles. The molecule has 0 spiro atoms. The quantitative estimate of drug-likeness (QED) is 0.695. The van der Waals surface area contributed by atoms with Crippen molar-refractivity contribution in [3.63, 3.8) is 0 Å². The number of amides is 1. The Morgan fingerprint density at radius 1 is 1.48 bits per heavy atom. The van der Waals surface area contributed by atoms with Gasteiger partial charge in [-0.1, -0.05) is 20.3 Å². The van der Waals surface area contributed by atoms with Gasteiger partial charge in [0, 0.05) is 26.0 Å². The topological polar surface area (TPSA) is 87.4 Å². The number of aryl methyl sites for hydroxylation is 1. The van der Waals surface area contributed by atoms with Crippen molar-refractivity contribution in [1.29, 1.82) is 0 Å². The highest BCUT2D eigenvalue weighted by Gasteiger charge is 2.58. The number of carbonyl (C=O) groups is 1. The lowest BCUT2D eigenvalue weighted by Crippen LogP contribution is -2.48. The van der Waals surface area contributed by atoms with Crippen LogP contribution in [0.1, 0.15) is 32.5 Å². The third-order valence-corrected chi connectivity index (χ3v) is 3.89. The van der Waals surface area contributed by atoms with E-state index in [-0.39, 0.29) is 12.5 Å². The predicted molar refractivity (Wildman–Crippen MR) is 76.2 cm³/mol. The molecular weight excluding hydrogens is 315 g/mol. The van der Waals surface area contributed by atoms with Gasteiger partial charge in [0.05, 0.1) is 12.5 Å². The molecule has 1 amide bonds. The van der Waals surface area contributed by atoms with E-state index in [0.29, 0.717) is 6.42 Å². The first-order chi connectivity index (χ1) is 10.5. The minimum Gasteiger partial charge on any atom is -0.391 e. The van der Waals surface area contributed by atoms with E-state index in [2.05, 4.69) is 10.3 Å². The van der Waals surface area contributed by atoms with Gasteiger partial charge in [-0.15, -0.1) is 0 Å². The number of aromatic nitrogens is 2. The van der Waals surface area contributed by atoms with Gasteiger partial charge in [0.15, 0.2) is 5.82 Å². The van der Waals surface area contributed by atoms with Gasteiger partial charge >= 0.3 is 6.18 Å². The lowest BCUT2D eigenvalue weighted by Gasteiger charge is -2.29. The molecule has 0 fully saturated rings. The second-order valence-corrected chi connectivity index (χ2v) is 5.65. The lowest BCUT2D eigenvalue weighted by atomic mass is 9.96. The summed E-state index contributed by atoms with van der Waals surface area (Å²) >= 11 is 0. The number of imidazole rings is 1. The number of hydrogen-bond donors (Lipinski definition) is 3. The molecule has 23 heavy (non-hydrogen) atoms. The molecule has 0 aliphatic heterocycles. The van der Waals surface area contributed by atoms with E-state index in [1.807, 2.05) is 6.92 Å². The van der Waals surface area contributed by atoms with E-state index >= 15 is 0 Å². The summed E-state index contributed by atoms with van der Waals surface area (Å²) in [4.78, 5) is 15.3. The van der Waals surface area contributed by atoms with Crippen molar-refractivity contribution in [1.82, 2.24) is 14.9 Å². The molecule has 132 valence electrons. The average Bonchev–Trinajstić information content (AvgIpc) is 2.89. The number of aliphatic hydroxyl groups excluding tert-OH is 1. The summed E-state index contributed by atoms with van der Waals surface area (Å²) in [6, 6.07) is 0. The van der Waals surface area contributed by atoms with Crippen LogP contribution in [0.3, 0.4) is 0 Å². The molecule has 0 aromatic carbocycles. The van der Waals surface area contributed by atoms with Crippen molar-refractivity contribution < 1.29 is 28.2 Å². The van der Waals surface area contributed by atoms with Gasteiger partial charge < -0.3 is 20.1 Å². The van der Waals surface area contributed by atoms with Gasteiger partial charge in [0.25, 0.3) is 0 Å². The Morgan fingerprint density at radius 2 is 2.09 bits per heavy atom. The van der Waals surface area contributed by atoms with Crippen LogP contribution in [0, 0.1) is 5.92 Å². The minimum absolute atomic E-state index is 0.105. The average molecular weight is 337 g/mol. The number of alkyl halides is 3. The molecule has 0 saturated carbocycles. The number of hydrogen-bond acceptors (Lipinski definition) is 4. The Kier molecular flexibility index (Phi) is 6.18. The normalized spacial score (nSPS) is 17.4. The molecule has 0 bridgehead atoms. The Balaban J connectivity index is 2.84. The van der Waals surface area contributed by atoms with Crippen LogP contribution in [0.15, 0.2) is 12.4 Å². The fraction of sp³-hybridized carbons (Fsp3) is 0.714. The first-order valence-corrected chi connectivity index (χ1v) is 7.24. The van der Waals surface area contributed by atoms with E-state index in [0.717, 1.165) is 10.8 Å². The Hall–Kier alpha value is -1.61. The predicted octanol–water partition coefficient (Wildman–Crippen LogP) is 1.08. The van der Waals surface area contributed by atoms with Crippen LogP contribution in [-0.4, -0.2) is 44.5 Å². The number of nitrogens with one attached hydrogen (secondary N) is 1. The van der Waals surface area contributed by atoms with Gasteiger partial charge in [-0.2, -0.15) is 13.2 Å². The van der Waals surface area contributed by atoms with Gasteiger partial charge in [-0.05, 0) is 5.92 Å². The number of nitrogens with zero attached hydrogens (tertiary/aromatic N) is 2. The molecule has 1 heterocycles. The molecule has 3 unspecified atom stereocenters. The van der Waals surface area contributed by atoms with E-state index in [1.54, 1.807) is 6.92 Å². The van der Waals surface area contributed by atoms with Crippen LogP contribution in [0.5, 0.6) is 0 Å². The maximum atomic E-state index is 13.3. The summed E-state index contributed by atoms with van der Waals surface area (Å²) in [6.07, 6.45) is -4.15. The molecule has 1 aromatic rings. The van der Waals surface area contributed by atoms with Crippen molar-refractivity contribution in [2.75, 3.05) is 6.54 Å². The molecule has 0 aliphatic rings. The van der Waals surface area contributed by atoms with Crippen LogP contribution in [0.4, 0.5) is 13.2 Å². The highest BCUT2D eigenvalue weighted by Crippen LogP contribution is 2.40. The summed E-state index contributed by atoms with van der Waals surface area (Å²) in [5.41, 5.74) is -3.39. The number of rotatable bonds is 7. The number of carbonyl (C=O) groups excluding carboxylic acids is 1. The van der Waals surface area contributed by atoms with Crippen LogP contribution < -0.4 is 5.32 Å². The van der Waals surface area contributed by atoms with Crippen molar-refractivity contribution in [2.24, 2.45) is 13.0 Å². The minimum atomic E-state index is -5.07. The molecule has 3 N–H and O–H groups in total. The second-order valence-electron chi connectivity index (χ2n) is 5.65. The SMILES string of the molecule is CCC(C)C(O)CNC(=O)CC(O)(c1nccn1C)C(F)(F)F. The van der Waals surface area contributed by atoms with Crippen molar-refractivity contribution in [3.05, 3.63) is 18.2 Å². The van der Waals surface area contributed by atoms with Crippen LogP contribution in [0.25, 0.3) is 0 Å². The Labute approximate surface area is 132 Å².